The van der Waals surface area contributed by atoms with Crippen molar-refractivity contribution in [2.24, 2.45) is 0 Å². The molecule has 2 rings (SSSR count). The zero-order valence-electron chi connectivity index (χ0n) is 12.1. The van der Waals surface area contributed by atoms with Crippen LogP contribution in [0.3, 0.4) is 0 Å². The molecule has 0 spiro atoms. The second-order valence-corrected chi connectivity index (χ2v) is 5.23. The molecule has 1 aromatic heterocycles. The maximum Gasteiger partial charge on any atom is 0.128 e. The minimum Gasteiger partial charge on any atom is -0.374 e. The summed E-state index contributed by atoms with van der Waals surface area (Å²) in [6.07, 6.45) is 0. The van der Waals surface area contributed by atoms with Gasteiger partial charge >= 0.3 is 0 Å². The number of nitriles is 1. The average molecular weight is 269 g/mol. The van der Waals surface area contributed by atoms with Crippen LogP contribution in [0.4, 0.5) is 5.82 Å². The maximum atomic E-state index is 9.24. The Labute approximate surface area is 119 Å². The van der Waals surface area contributed by atoms with E-state index in [9.17, 15) is 5.26 Å². The molecule has 0 fully saturated rings. The first-order valence-electron chi connectivity index (χ1n) is 6.73. The fourth-order valence-corrected chi connectivity index (χ4v) is 2.10. The molecule has 0 saturated carbocycles. The normalized spacial score (nSPS) is 11.3. The summed E-state index contributed by atoms with van der Waals surface area (Å²) in [5.41, 5.74) is 1.19. The Hall–Kier alpha value is -2.12. The fourth-order valence-electron chi connectivity index (χ4n) is 2.10. The van der Waals surface area contributed by atoms with Crippen LogP contribution in [0.15, 0.2) is 30.3 Å². The van der Waals surface area contributed by atoms with Crippen LogP contribution >= 0.6 is 0 Å². The molecule has 0 unspecified atom stereocenters. The van der Waals surface area contributed by atoms with Gasteiger partial charge in [0, 0.05) is 18.5 Å². The quantitative estimate of drug-likeness (QED) is 0.904. The van der Waals surface area contributed by atoms with Gasteiger partial charge in [-0.3, -0.25) is 0 Å². The third-order valence-corrected chi connectivity index (χ3v) is 3.07. The van der Waals surface area contributed by atoms with E-state index in [0.717, 1.165) is 10.9 Å². The second kappa shape index (κ2) is 5.89. The molecule has 0 aliphatic rings. The molecule has 0 aliphatic carbocycles. The standard InChI is InChI=1S/C16H19N3O/c1-4-20-16(2,3)11-18-15-9-12(10-17)13-7-5-6-8-14(13)19-15/h5-9H,4,11H2,1-3H3,(H,18,19). The van der Waals surface area contributed by atoms with Crippen LogP contribution in [-0.4, -0.2) is 23.7 Å². The van der Waals surface area contributed by atoms with Gasteiger partial charge in [-0.25, -0.2) is 4.98 Å². The number of nitrogens with one attached hydrogen (secondary N) is 1. The highest BCUT2D eigenvalue weighted by molar-refractivity contribution is 5.86. The van der Waals surface area contributed by atoms with Crippen molar-refractivity contribution in [3.05, 3.63) is 35.9 Å². The van der Waals surface area contributed by atoms with Gasteiger partial charge in [0.1, 0.15) is 5.82 Å². The largest absolute Gasteiger partial charge is 0.374 e. The first kappa shape index (κ1) is 14.3. The van der Waals surface area contributed by atoms with Gasteiger partial charge in [0.2, 0.25) is 0 Å². The van der Waals surface area contributed by atoms with Crippen molar-refractivity contribution in [1.82, 2.24) is 4.98 Å². The van der Waals surface area contributed by atoms with Gasteiger partial charge in [0.25, 0.3) is 0 Å². The molecule has 4 heteroatoms. The molecule has 0 saturated heterocycles. The number of ether oxygens (including phenoxy) is 1. The summed E-state index contributed by atoms with van der Waals surface area (Å²) >= 11 is 0. The lowest BCUT2D eigenvalue weighted by Gasteiger charge is -2.25. The van der Waals surface area contributed by atoms with E-state index in [1.807, 2.05) is 45.0 Å². The third-order valence-electron chi connectivity index (χ3n) is 3.07. The Morgan fingerprint density at radius 3 is 2.80 bits per heavy atom. The molecule has 104 valence electrons. The minimum atomic E-state index is -0.269. The summed E-state index contributed by atoms with van der Waals surface area (Å²) in [6.45, 7) is 7.33. The number of aromatic nitrogens is 1. The van der Waals surface area contributed by atoms with Crippen molar-refractivity contribution in [3.63, 3.8) is 0 Å². The molecule has 0 aliphatic heterocycles. The van der Waals surface area contributed by atoms with Crippen LogP contribution in [-0.2, 0) is 4.74 Å². The van der Waals surface area contributed by atoms with Gasteiger partial charge in [-0.2, -0.15) is 5.26 Å². The SMILES string of the molecule is CCOC(C)(C)CNc1cc(C#N)c2ccccc2n1. The summed E-state index contributed by atoms with van der Waals surface area (Å²) in [6, 6.07) is 11.7. The number of rotatable bonds is 5. The van der Waals surface area contributed by atoms with Crippen LogP contribution in [0.5, 0.6) is 0 Å². The molecule has 0 amide bonds. The van der Waals surface area contributed by atoms with Crippen LogP contribution < -0.4 is 5.32 Å². The van der Waals surface area contributed by atoms with E-state index in [1.165, 1.54) is 0 Å². The van der Waals surface area contributed by atoms with Crippen molar-refractivity contribution in [1.29, 1.82) is 5.26 Å². The number of para-hydroxylation sites is 1. The van der Waals surface area contributed by atoms with E-state index < -0.39 is 0 Å². The van der Waals surface area contributed by atoms with Crippen molar-refractivity contribution >= 4 is 16.7 Å². The predicted octanol–water partition coefficient (Wildman–Crippen LogP) is 3.33. The van der Waals surface area contributed by atoms with Gasteiger partial charge in [-0.15, -0.1) is 0 Å². The number of fused-ring (bicyclic) bond motifs is 1. The molecule has 4 nitrogen and oxygen atoms in total. The molecule has 0 atom stereocenters. The predicted molar refractivity (Wildman–Crippen MR) is 80.7 cm³/mol. The van der Waals surface area contributed by atoms with Crippen LogP contribution in [0.25, 0.3) is 10.9 Å². The summed E-state index contributed by atoms with van der Waals surface area (Å²) < 4.78 is 5.64. The summed E-state index contributed by atoms with van der Waals surface area (Å²) in [5, 5.41) is 13.4. The highest BCUT2D eigenvalue weighted by Crippen LogP contribution is 2.20. The molecule has 20 heavy (non-hydrogen) atoms. The highest BCUT2D eigenvalue weighted by Gasteiger charge is 2.17. The Kier molecular flexibility index (Phi) is 4.21. The van der Waals surface area contributed by atoms with E-state index in [1.54, 1.807) is 6.07 Å². The topological polar surface area (TPSA) is 57.9 Å². The minimum absolute atomic E-state index is 0.269. The van der Waals surface area contributed by atoms with Gasteiger partial charge < -0.3 is 10.1 Å². The van der Waals surface area contributed by atoms with E-state index in [-0.39, 0.29) is 5.60 Å². The maximum absolute atomic E-state index is 9.24. The number of anilines is 1. The summed E-state index contributed by atoms with van der Waals surface area (Å²) in [7, 11) is 0. The van der Waals surface area contributed by atoms with Crippen molar-refractivity contribution in [2.75, 3.05) is 18.5 Å². The summed E-state index contributed by atoms with van der Waals surface area (Å²) in [4.78, 5) is 4.53. The van der Waals surface area contributed by atoms with Crippen LogP contribution in [0.1, 0.15) is 26.3 Å². The first-order chi connectivity index (χ1) is 9.55. The smallest absolute Gasteiger partial charge is 0.128 e. The number of hydrogen-bond donors (Lipinski definition) is 1. The fraction of sp³-hybridized carbons (Fsp3) is 0.375. The monoisotopic (exact) mass is 269 g/mol. The van der Waals surface area contributed by atoms with Crippen molar-refractivity contribution in [3.8, 4) is 6.07 Å². The lowest BCUT2D eigenvalue weighted by Crippen LogP contribution is -2.33. The van der Waals surface area contributed by atoms with Gasteiger partial charge in [0.15, 0.2) is 0 Å². The van der Waals surface area contributed by atoms with E-state index >= 15 is 0 Å². The van der Waals surface area contributed by atoms with Crippen LogP contribution in [0, 0.1) is 11.3 Å². The Bertz CT molecular complexity index is 644. The molecular weight excluding hydrogens is 250 g/mol. The zero-order valence-corrected chi connectivity index (χ0v) is 12.1. The van der Waals surface area contributed by atoms with Crippen molar-refractivity contribution < 1.29 is 4.74 Å². The molecule has 1 heterocycles. The summed E-state index contributed by atoms with van der Waals surface area (Å²) in [5.74, 6) is 0.702. The number of pyridine rings is 1. The molecular formula is C16H19N3O. The molecule has 2 aromatic rings. The Balaban J connectivity index is 2.25. The van der Waals surface area contributed by atoms with E-state index in [0.29, 0.717) is 24.5 Å². The van der Waals surface area contributed by atoms with Gasteiger partial charge in [-0.1, -0.05) is 18.2 Å². The molecule has 0 bridgehead atoms. The number of hydrogen-bond acceptors (Lipinski definition) is 4. The second-order valence-electron chi connectivity index (χ2n) is 5.23. The molecule has 1 aromatic carbocycles. The lowest BCUT2D eigenvalue weighted by atomic mass is 10.1. The first-order valence-corrected chi connectivity index (χ1v) is 6.73. The zero-order chi connectivity index (χ0) is 14.6. The van der Waals surface area contributed by atoms with E-state index in [4.69, 9.17) is 4.74 Å². The lowest BCUT2D eigenvalue weighted by molar-refractivity contribution is 0.000646. The van der Waals surface area contributed by atoms with Gasteiger partial charge in [-0.05, 0) is 32.9 Å². The van der Waals surface area contributed by atoms with Gasteiger partial charge in [0.05, 0.1) is 22.8 Å². The number of benzene rings is 1. The highest BCUT2D eigenvalue weighted by atomic mass is 16.5. The average Bonchev–Trinajstić information content (AvgIpc) is 2.44. The van der Waals surface area contributed by atoms with Crippen molar-refractivity contribution in [2.45, 2.75) is 26.4 Å². The molecule has 1 N–H and O–H groups in total. The Morgan fingerprint density at radius 2 is 2.10 bits per heavy atom. The molecule has 0 radical (unpaired) electrons. The Morgan fingerprint density at radius 1 is 1.35 bits per heavy atom. The number of nitrogens with zero attached hydrogens (tertiary/aromatic N) is 2. The van der Waals surface area contributed by atoms with Crippen LogP contribution in [0.2, 0.25) is 0 Å². The van der Waals surface area contributed by atoms with E-state index in [2.05, 4.69) is 16.4 Å². The third kappa shape index (κ3) is 3.25.